The van der Waals surface area contributed by atoms with E-state index < -0.39 is 0 Å². The molecule has 4 nitrogen and oxygen atoms in total. The molecule has 1 aromatic rings. The Bertz CT molecular complexity index is 554. The predicted octanol–water partition coefficient (Wildman–Crippen LogP) is 2.76. The maximum absolute atomic E-state index is 4.35. The van der Waals surface area contributed by atoms with Gasteiger partial charge in [-0.3, -0.25) is 4.99 Å². The van der Waals surface area contributed by atoms with E-state index in [2.05, 4.69) is 51.7 Å². The van der Waals surface area contributed by atoms with E-state index in [1.807, 2.05) is 7.05 Å². The standard InChI is InChI=1S/C20H32N4/c1-16-8-5-6-12-24(16)13-7-11-22-20(21-2)23-15-18-14-17-9-3-4-10-19(17)18/h3-4,9-10,16,18H,5-8,11-15H2,1-2H3,(H2,21,22,23). The van der Waals surface area contributed by atoms with E-state index in [1.54, 1.807) is 0 Å². The van der Waals surface area contributed by atoms with Crippen molar-refractivity contribution in [1.82, 2.24) is 15.5 Å². The number of guanidine groups is 1. The third-order valence-corrected chi connectivity index (χ3v) is 5.56. The number of nitrogens with one attached hydrogen (secondary N) is 2. The van der Waals surface area contributed by atoms with E-state index >= 15 is 0 Å². The number of rotatable bonds is 6. The minimum absolute atomic E-state index is 0.633. The van der Waals surface area contributed by atoms with Gasteiger partial charge in [-0.2, -0.15) is 0 Å². The quantitative estimate of drug-likeness (QED) is 0.479. The van der Waals surface area contributed by atoms with E-state index in [0.29, 0.717) is 5.92 Å². The molecule has 2 N–H and O–H groups in total. The number of aliphatic imine (C=N–C) groups is 1. The maximum Gasteiger partial charge on any atom is 0.190 e. The number of benzene rings is 1. The van der Waals surface area contributed by atoms with Gasteiger partial charge in [0.2, 0.25) is 0 Å². The van der Waals surface area contributed by atoms with Crippen molar-refractivity contribution in [3.05, 3.63) is 35.4 Å². The van der Waals surface area contributed by atoms with Crippen molar-refractivity contribution >= 4 is 5.96 Å². The summed E-state index contributed by atoms with van der Waals surface area (Å²) >= 11 is 0. The van der Waals surface area contributed by atoms with Crippen molar-refractivity contribution in [2.24, 2.45) is 4.99 Å². The molecule has 0 bridgehead atoms. The van der Waals surface area contributed by atoms with E-state index in [1.165, 1.54) is 56.3 Å². The van der Waals surface area contributed by atoms with E-state index in [9.17, 15) is 0 Å². The molecule has 1 saturated heterocycles. The number of piperidine rings is 1. The Morgan fingerprint density at radius 3 is 2.92 bits per heavy atom. The van der Waals surface area contributed by atoms with Crippen LogP contribution < -0.4 is 10.6 Å². The van der Waals surface area contributed by atoms with Crippen LogP contribution in [-0.4, -0.2) is 50.1 Å². The van der Waals surface area contributed by atoms with Crippen LogP contribution >= 0.6 is 0 Å². The van der Waals surface area contributed by atoms with Crippen LogP contribution in [-0.2, 0) is 6.42 Å². The second kappa shape index (κ2) is 8.52. The molecule has 1 aliphatic carbocycles. The first-order valence-electron chi connectivity index (χ1n) is 9.54. The van der Waals surface area contributed by atoms with Gasteiger partial charge in [0.25, 0.3) is 0 Å². The Morgan fingerprint density at radius 2 is 2.12 bits per heavy atom. The van der Waals surface area contributed by atoms with E-state index in [-0.39, 0.29) is 0 Å². The van der Waals surface area contributed by atoms with Gasteiger partial charge in [-0.05, 0) is 50.3 Å². The zero-order valence-corrected chi connectivity index (χ0v) is 15.2. The molecule has 0 aromatic heterocycles. The summed E-state index contributed by atoms with van der Waals surface area (Å²) in [6, 6.07) is 9.52. The summed E-state index contributed by atoms with van der Waals surface area (Å²) in [7, 11) is 1.86. The molecule has 4 heteroatoms. The number of fused-ring (bicyclic) bond motifs is 1. The van der Waals surface area contributed by atoms with Gasteiger partial charge < -0.3 is 15.5 Å². The van der Waals surface area contributed by atoms with Crippen molar-refractivity contribution in [3.8, 4) is 0 Å². The molecular formula is C20H32N4. The van der Waals surface area contributed by atoms with Gasteiger partial charge in [0.1, 0.15) is 0 Å². The second-order valence-electron chi connectivity index (χ2n) is 7.21. The van der Waals surface area contributed by atoms with Crippen LogP contribution in [0, 0.1) is 0 Å². The molecule has 0 spiro atoms. The highest BCUT2D eigenvalue weighted by Gasteiger charge is 2.25. The van der Waals surface area contributed by atoms with E-state index in [4.69, 9.17) is 0 Å². The SMILES string of the molecule is CN=C(NCCCN1CCCCC1C)NCC1Cc2ccccc21. The summed E-state index contributed by atoms with van der Waals surface area (Å²) in [6.07, 6.45) is 6.49. The highest BCUT2D eigenvalue weighted by molar-refractivity contribution is 5.79. The smallest absolute Gasteiger partial charge is 0.190 e. The lowest BCUT2D eigenvalue weighted by atomic mass is 9.78. The molecule has 1 aromatic carbocycles. The summed E-state index contributed by atoms with van der Waals surface area (Å²) < 4.78 is 0. The molecular weight excluding hydrogens is 296 g/mol. The Balaban J connectivity index is 1.33. The molecule has 2 atom stereocenters. The number of nitrogens with zero attached hydrogens (tertiary/aromatic N) is 2. The Morgan fingerprint density at radius 1 is 1.25 bits per heavy atom. The lowest BCUT2D eigenvalue weighted by Gasteiger charge is -2.33. The average molecular weight is 329 g/mol. The van der Waals surface area contributed by atoms with Crippen LogP contribution in [0.25, 0.3) is 0 Å². The Hall–Kier alpha value is -1.55. The summed E-state index contributed by atoms with van der Waals surface area (Å²) in [4.78, 5) is 6.99. The lowest BCUT2D eigenvalue weighted by molar-refractivity contribution is 0.159. The molecule has 0 amide bonds. The van der Waals surface area contributed by atoms with Crippen LogP contribution in [0.5, 0.6) is 0 Å². The summed E-state index contributed by atoms with van der Waals surface area (Å²) in [5, 5.41) is 6.95. The number of hydrogen-bond donors (Lipinski definition) is 2. The molecule has 0 saturated carbocycles. The lowest BCUT2D eigenvalue weighted by Crippen LogP contribution is -2.43. The molecule has 2 aliphatic rings. The summed E-state index contributed by atoms with van der Waals surface area (Å²) in [5.41, 5.74) is 3.00. The average Bonchev–Trinajstić information content (AvgIpc) is 2.59. The van der Waals surface area contributed by atoms with E-state index in [0.717, 1.165) is 25.1 Å². The van der Waals surface area contributed by atoms with Gasteiger partial charge >= 0.3 is 0 Å². The van der Waals surface area contributed by atoms with Crippen molar-refractivity contribution < 1.29 is 0 Å². The van der Waals surface area contributed by atoms with Crippen molar-refractivity contribution in [3.63, 3.8) is 0 Å². The maximum atomic E-state index is 4.35. The fraction of sp³-hybridized carbons (Fsp3) is 0.650. The largest absolute Gasteiger partial charge is 0.356 e. The molecule has 1 fully saturated rings. The monoisotopic (exact) mass is 328 g/mol. The predicted molar refractivity (Wildman–Crippen MR) is 102 cm³/mol. The third-order valence-electron chi connectivity index (χ3n) is 5.56. The summed E-state index contributed by atoms with van der Waals surface area (Å²) in [5.74, 6) is 1.57. The first-order chi connectivity index (χ1) is 11.8. The van der Waals surface area contributed by atoms with Crippen LogP contribution in [0.4, 0.5) is 0 Å². The minimum Gasteiger partial charge on any atom is -0.356 e. The first-order valence-corrected chi connectivity index (χ1v) is 9.54. The summed E-state index contributed by atoms with van der Waals surface area (Å²) in [6.45, 7) is 6.80. The van der Waals surface area contributed by atoms with Gasteiger partial charge in [-0.25, -0.2) is 0 Å². The fourth-order valence-corrected chi connectivity index (χ4v) is 3.96. The number of hydrogen-bond acceptors (Lipinski definition) is 2. The molecule has 24 heavy (non-hydrogen) atoms. The van der Waals surface area contributed by atoms with Gasteiger partial charge in [0.15, 0.2) is 5.96 Å². The Labute approximate surface area is 146 Å². The van der Waals surface area contributed by atoms with Crippen LogP contribution in [0.3, 0.4) is 0 Å². The van der Waals surface area contributed by atoms with Gasteiger partial charge in [-0.1, -0.05) is 30.7 Å². The molecule has 2 unspecified atom stereocenters. The normalized spacial score (nSPS) is 24.2. The zero-order chi connectivity index (χ0) is 16.8. The van der Waals surface area contributed by atoms with Crippen LogP contribution in [0.2, 0.25) is 0 Å². The number of likely N-dealkylation sites (tertiary alicyclic amines) is 1. The van der Waals surface area contributed by atoms with Crippen molar-refractivity contribution in [2.75, 3.05) is 33.2 Å². The second-order valence-corrected chi connectivity index (χ2v) is 7.21. The highest BCUT2D eigenvalue weighted by Crippen LogP contribution is 2.33. The van der Waals surface area contributed by atoms with Crippen LogP contribution in [0.1, 0.15) is 49.7 Å². The zero-order valence-electron chi connectivity index (χ0n) is 15.2. The fourth-order valence-electron chi connectivity index (χ4n) is 3.96. The van der Waals surface area contributed by atoms with Crippen molar-refractivity contribution in [2.45, 2.75) is 51.0 Å². The first kappa shape index (κ1) is 17.3. The van der Waals surface area contributed by atoms with Gasteiger partial charge in [-0.15, -0.1) is 0 Å². The van der Waals surface area contributed by atoms with Gasteiger partial charge in [0.05, 0.1) is 0 Å². The molecule has 132 valence electrons. The molecule has 3 rings (SSSR count). The van der Waals surface area contributed by atoms with Crippen LogP contribution in [0.15, 0.2) is 29.3 Å². The Kier molecular flexibility index (Phi) is 6.13. The topological polar surface area (TPSA) is 39.7 Å². The third kappa shape index (κ3) is 4.29. The highest BCUT2D eigenvalue weighted by atomic mass is 15.2. The minimum atomic E-state index is 0.633. The molecule has 1 aliphatic heterocycles. The van der Waals surface area contributed by atoms with Gasteiger partial charge in [0, 0.05) is 38.6 Å². The molecule has 1 heterocycles. The molecule has 0 radical (unpaired) electrons. The van der Waals surface area contributed by atoms with Crippen molar-refractivity contribution in [1.29, 1.82) is 0 Å².